The summed E-state index contributed by atoms with van der Waals surface area (Å²) in [4.78, 5) is 22.7. The number of rotatable bonds is 2. The average molecular weight is 211 g/mol. The zero-order valence-corrected chi connectivity index (χ0v) is 8.49. The normalized spacial score (nSPS) is 16.5. The molecule has 0 aromatic heterocycles. The molecule has 5 nitrogen and oxygen atoms in total. The van der Waals surface area contributed by atoms with Crippen molar-refractivity contribution in [3.63, 3.8) is 0 Å². The van der Waals surface area contributed by atoms with Crippen LogP contribution in [-0.2, 0) is 4.79 Å². The first-order chi connectivity index (χ1) is 6.93. The van der Waals surface area contributed by atoms with Gasteiger partial charge in [0.15, 0.2) is 0 Å². The molecule has 0 unspecified atom stereocenters. The van der Waals surface area contributed by atoms with Gasteiger partial charge in [-0.2, -0.15) is 0 Å². The first-order valence-corrected chi connectivity index (χ1v) is 4.52. The van der Waals surface area contributed by atoms with E-state index in [-0.39, 0.29) is 12.1 Å². The van der Waals surface area contributed by atoms with E-state index in [4.69, 9.17) is 10.2 Å². The van der Waals surface area contributed by atoms with Crippen molar-refractivity contribution in [2.24, 2.45) is 0 Å². The van der Waals surface area contributed by atoms with Gasteiger partial charge in [0.2, 0.25) is 0 Å². The van der Waals surface area contributed by atoms with Crippen LogP contribution >= 0.6 is 0 Å². The van der Waals surface area contributed by atoms with Crippen molar-refractivity contribution in [1.82, 2.24) is 4.90 Å². The Morgan fingerprint density at radius 2 is 1.93 bits per heavy atom. The van der Waals surface area contributed by atoms with Crippen molar-refractivity contribution < 1.29 is 19.8 Å². The fourth-order valence-corrected chi connectivity index (χ4v) is 1.59. The van der Waals surface area contributed by atoms with E-state index in [1.165, 1.54) is 0 Å². The Morgan fingerprint density at radius 3 is 2.33 bits per heavy atom. The third-order valence-electron chi connectivity index (χ3n) is 2.39. The first-order valence-electron chi connectivity index (χ1n) is 4.52. The van der Waals surface area contributed by atoms with Crippen molar-refractivity contribution in [2.75, 3.05) is 13.1 Å². The monoisotopic (exact) mass is 211 g/mol. The van der Waals surface area contributed by atoms with E-state index in [0.29, 0.717) is 24.1 Å². The van der Waals surface area contributed by atoms with Gasteiger partial charge in [-0.05, 0) is 18.9 Å². The van der Waals surface area contributed by atoms with Crippen LogP contribution in [0.3, 0.4) is 0 Å². The second-order valence-corrected chi connectivity index (χ2v) is 3.50. The van der Waals surface area contributed by atoms with Crippen LogP contribution in [-0.4, -0.2) is 40.3 Å². The Labute approximate surface area is 87.3 Å². The Balaban J connectivity index is 3.01. The van der Waals surface area contributed by atoms with E-state index < -0.39 is 12.1 Å². The van der Waals surface area contributed by atoms with Crippen molar-refractivity contribution >= 4 is 12.1 Å². The SMILES string of the molecule is C=C(C)C1=C(C(=O)O)CN(C(=O)O)CC1. The number of carboxylic acids is 1. The van der Waals surface area contributed by atoms with Crippen LogP contribution in [0.25, 0.3) is 0 Å². The Morgan fingerprint density at radius 1 is 1.33 bits per heavy atom. The van der Waals surface area contributed by atoms with Crippen molar-refractivity contribution in [1.29, 1.82) is 0 Å². The molecule has 0 saturated heterocycles. The van der Waals surface area contributed by atoms with Gasteiger partial charge in [0.05, 0.1) is 12.1 Å². The lowest BCUT2D eigenvalue weighted by Gasteiger charge is -2.27. The molecule has 1 aliphatic heterocycles. The molecular formula is C10H13NO4. The fraction of sp³-hybridized carbons (Fsp3) is 0.400. The third kappa shape index (κ3) is 2.37. The Hall–Kier alpha value is -1.78. The average Bonchev–Trinajstić information content (AvgIpc) is 2.16. The Kier molecular flexibility index (Phi) is 3.14. The van der Waals surface area contributed by atoms with Crippen LogP contribution in [0.1, 0.15) is 13.3 Å². The molecule has 0 spiro atoms. The van der Waals surface area contributed by atoms with Gasteiger partial charge in [0.1, 0.15) is 0 Å². The molecule has 82 valence electrons. The number of nitrogens with zero attached hydrogens (tertiary/aromatic N) is 1. The molecule has 0 saturated carbocycles. The number of carbonyl (C=O) groups is 2. The zero-order chi connectivity index (χ0) is 11.6. The number of amides is 1. The van der Waals surface area contributed by atoms with Gasteiger partial charge in [-0.3, -0.25) is 0 Å². The third-order valence-corrected chi connectivity index (χ3v) is 2.39. The molecule has 1 amide bonds. The Bertz CT molecular complexity index is 356. The minimum absolute atomic E-state index is 0.0626. The minimum atomic E-state index is -1.09. The van der Waals surface area contributed by atoms with Gasteiger partial charge in [-0.25, -0.2) is 9.59 Å². The molecule has 1 rings (SSSR count). The maximum atomic E-state index is 10.9. The van der Waals surface area contributed by atoms with Crippen LogP contribution in [0, 0.1) is 0 Å². The standard InChI is InChI=1S/C10H13NO4/c1-6(2)7-3-4-11(10(14)15)5-8(7)9(12)13/h1,3-5H2,2H3,(H,12,13)(H,14,15). The molecule has 0 radical (unpaired) electrons. The predicted molar refractivity (Wildman–Crippen MR) is 53.7 cm³/mol. The van der Waals surface area contributed by atoms with Crippen LogP contribution in [0.2, 0.25) is 0 Å². The van der Waals surface area contributed by atoms with Crippen molar-refractivity contribution in [3.8, 4) is 0 Å². The summed E-state index contributed by atoms with van der Waals surface area (Å²) in [6, 6.07) is 0. The highest BCUT2D eigenvalue weighted by Crippen LogP contribution is 2.23. The number of aliphatic carboxylic acids is 1. The summed E-state index contributed by atoms with van der Waals surface area (Å²) in [6.45, 7) is 5.69. The van der Waals surface area contributed by atoms with Crippen molar-refractivity contribution in [3.05, 3.63) is 23.3 Å². The molecule has 1 aliphatic rings. The van der Waals surface area contributed by atoms with Crippen LogP contribution in [0.15, 0.2) is 23.3 Å². The summed E-state index contributed by atoms with van der Waals surface area (Å²) < 4.78 is 0. The van der Waals surface area contributed by atoms with E-state index in [1.807, 2.05) is 0 Å². The van der Waals surface area contributed by atoms with E-state index in [9.17, 15) is 9.59 Å². The van der Waals surface area contributed by atoms with Crippen LogP contribution in [0.5, 0.6) is 0 Å². The number of carboxylic acid groups (broad SMARTS) is 2. The summed E-state index contributed by atoms with van der Waals surface area (Å²) in [6.07, 6.45) is -0.669. The highest BCUT2D eigenvalue weighted by molar-refractivity contribution is 5.90. The highest BCUT2D eigenvalue weighted by atomic mass is 16.4. The number of hydrogen-bond donors (Lipinski definition) is 2. The quantitative estimate of drug-likeness (QED) is 0.722. The predicted octanol–water partition coefficient (Wildman–Crippen LogP) is 1.33. The van der Waals surface area contributed by atoms with Gasteiger partial charge in [0.25, 0.3) is 0 Å². The summed E-state index contributed by atoms with van der Waals surface area (Å²) in [5.41, 5.74) is 1.49. The molecule has 2 N–H and O–H groups in total. The zero-order valence-electron chi connectivity index (χ0n) is 8.49. The van der Waals surface area contributed by atoms with E-state index in [0.717, 1.165) is 4.90 Å². The summed E-state index contributed by atoms with van der Waals surface area (Å²) >= 11 is 0. The minimum Gasteiger partial charge on any atom is -0.478 e. The smallest absolute Gasteiger partial charge is 0.407 e. The first kappa shape index (κ1) is 11.3. The van der Waals surface area contributed by atoms with Crippen molar-refractivity contribution in [2.45, 2.75) is 13.3 Å². The van der Waals surface area contributed by atoms with Crippen LogP contribution in [0.4, 0.5) is 4.79 Å². The van der Waals surface area contributed by atoms with Gasteiger partial charge in [0, 0.05) is 6.54 Å². The number of hydrogen-bond acceptors (Lipinski definition) is 2. The van der Waals surface area contributed by atoms with Gasteiger partial charge >= 0.3 is 12.1 Å². The summed E-state index contributed by atoms with van der Waals surface area (Å²) in [7, 11) is 0. The van der Waals surface area contributed by atoms with Gasteiger partial charge < -0.3 is 15.1 Å². The van der Waals surface area contributed by atoms with E-state index >= 15 is 0 Å². The second kappa shape index (κ2) is 4.16. The topological polar surface area (TPSA) is 77.8 Å². The molecular weight excluding hydrogens is 198 g/mol. The summed E-state index contributed by atoms with van der Waals surface area (Å²) in [5.74, 6) is -1.07. The van der Waals surface area contributed by atoms with Gasteiger partial charge in [-0.1, -0.05) is 12.2 Å². The van der Waals surface area contributed by atoms with E-state index in [2.05, 4.69) is 6.58 Å². The van der Waals surface area contributed by atoms with E-state index in [1.54, 1.807) is 6.92 Å². The molecule has 0 atom stereocenters. The molecule has 0 aromatic carbocycles. The molecule has 0 fully saturated rings. The largest absolute Gasteiger partial charge is 0.478 e. The lowest BCUT2D eigenvalue weighted by Crippen LogP contribution is -2.38. The van der Waals surface area contributed by atoms with Gasteiger partial charge in [-0.15, -0.1) is 0 Å². The fourth-order valence-electron chi connectivity index (χ4n) is 1.59. The second-order valence-electron chi connectivity index (χ2n) is 3.50. The summed E-state index contributed by atoms with van der Waals surface area (Å²) in [5, 5.41) is 17.7. The molecule has 15 heavy (non-hydrogen) atoms. The van der Waals surface area contributed by atoms with Crippen LogP contribution < -0.4 is 0 Å². The highest BCUT2D eigenvalue weighted by Gasteiger charge is 2.26. The lowest BCUT2D eigenvalue weighted by molar-refractivity contribution is -0.133. The maximum absolute atomic E-state index is 10.9. The molecule has 0 aliphatic carbocycles. The lowest BCUT2D eigenvalue weighted by atomic mass is 9.95. The molecule has 0 bridgehead atoms. The molecule has 0 aromatic rings. The molecule has 5 heteroatoms. The number of allylic oxidation sites excluding steroid dienone is 1. The maximum Gasteiger partial charge on any atom is 0.407 e. The molecule has 1 heterocycles.